The van der Waals surface area contributed by atoms with Crippen LogP contribution < -0.4 is 4.90 Å². The minimum Gasteiger partial charge on any atom is -0.507 e. The predicted octanol–water partition coefficient (Wildman–Crippen LogP) is 16.4. The molecular formula is C61H44N2O. The normalized spacial score (nSPS) is 15.6. The summed E-state index contributed by atoms with van der Waals surface area (Å²) < 4.78 is 120. The Morgan fingerprint density at radius 3 is 1.88 bits per heavy atom. The van der Waals surface area contributed by atoms with Crippen molar-refractivity contribution in [1.29, 1.82) is 0 Å². The van der Waals surface area contributed by atoms with Crippen LogP contribution in [0.2, 0.25) is 0 Å². The van der Waals surface area contributed by atoms with Crippen molar-refractivity contribution < 1.29 is 22.9 Å². The Bertz CT molecular complexity index is 4300. The lowest BCUT2D eigenvalue weighted by atomic mass is 9.82. The Balaban J connectivity index is 1.05. The average molecular weight is 834 g/mol. The highest BCUT2D eigenvalue weighted by atomic mass is 16.3. The summed E-state index contributed by atoms with van der Waals surface area (Å²) >= 11 is 0. The standard InChI is InChI=1S/C61H44N2O/c1-61(2)54-23-8-5-20-53(54)59-55(61)24-13-27-58(59)62(47-36-32-42(33-37-47)49-21-12-22-50(60(49)64)45-29-28-40-14-3-4-15-43(40)38-45)46-34-30-41(31-35-46)44-16-11-17-48(39-44)63-56-25-9-6-18-51(56)52-19-7-10-26-57(52)63/h3-39,64H,1-2H3/i3D,4D,12D,14D,15D,21D,22D,28D,29D,32D,33D,36D,37D. The highest BCUT2D eigenvalue weighted by Gasteiger charge is 2.37. The summed E-state index contributed by atoms with van der Waals surface area (Å²) in [7, 11) is 0. The first-order chi connectivity index (χ1) is 36.8. The highest BCUT2D eigenvalue weighted by Crippen LogP contribution is 2.54. The third-order valence-electron chi connectivity index (χ3n) is 12.5. The molecule has 1 aliphatic rings. The quantitative estimate of drug-likeness (QED) is 0.173. The van der Waals surface area contributed by atoms with Crippen molar-refractivity contribution in [3.05, 3.63) is 235 Å². The highest BCUT2D eigenvalue weighted by molar-refractivity contribution is 6.09. The molecule has 0 unspecified atom stereocenters. The van der Waals surface area contributed by atoms with Crippen molar-refractivity contribution in [2.24, 2.45) is 0 Å². The van der Waals surface area contributed by atoms with Crippen LogP contribution in [0.3, 0.4) is 0 Å². The molecule has 0 spiro atoms. The monoisotopic (exact) mass is 833 g/mol. The molecule has 11 aromatic rings. The summed E-state index contributed by atoms with van der Waals surface area (Å²) in [6.07, 6.45) is 0. The fourth-order valence-corrected chi connectivity index (χ4v) is 9.43. The van der Waals surface area contributed by atoms with Gasteiger partial charge in [-0.2, -0.15) is 0 Å². The number of hydrogen-bond acceptors (Lipinski definition) is 2. The SMILES string of the molecule is [2H]c1c([2H])c(-c2cc3c([2H])c([2H])c([2H])c([2H])c3c([2H])c2[2H])c(O)c(-c2c([2H])c([2H])c(N(c3ccc(-c4cccc(-n5c6ccccc6c6ccccc65)c4)cc3)c3cccc4c3-c3ccccc3C4(C)C)c([2H])c2[2H])c1[2H]. The van der Waals surface area contributed by atoms with E-state index in [-0.39, 0.29) is 22.0 Å². The third-order valence-corrected chi connectivity index (χ3v) is 12.5. The summed E-state index contributed by atoms with van der Waals surface area (Å²) in [5, 5.41) is 14.1. The van der Waals surface area contributed by atoms with E-state index in [1.54, 1.807) is 4.90 Å². The topological polar surface area (TPSA) is 28.4 Å². The van der Waals surface area contributed by atoms with E-state index in [0.29, 0.717) is 11.4 Å². The molecule has 1 N–H and O–H groups in total. The molecule has 1 aromatic heterocycles. The molecule has 10 aromatic carbocycles. The third kappa shape index (κ3) is 5.96. The molecule has 3 nitrogen and oxygen atoms in total. The van der Waals surface area contributed by atoms with E-state index in [1.807, 2.05) is 97.1 Å². The Morgan fingerprint density at radius 2 is 1.11 bits per heavy atom. The zero-order valence-corrected chi connectivity index (χ0v) is 34.7. The van der Waals surface area contributed by atoms with Crippen molar-refractivity contribution in [3.63, 3.8) is 0 Å². The number of phenols is 1. The van der Waals surface area contributed by atoms with Crippen LogP contribution in [0.15, 0.2) is 224 Å². The molecular weight excluding hydrogens is 777 g/mol. The average Bonchev–Trinajstić information content (AvgIpc) is 4.01. The molecule has 0 amide bonds. The van der Waals surface area contributed by atoms with Gasteiger partial charge < -0.3 is 14.6 Å². The first-order valence-corrected chi connectivity index (χ1v) is 21.0. The molecule has 12 rings (SSSR count). The number of rotatable bonds is 7. The Labute approximate surface area is 391 Å². The van der Waals surface area contributed by atoms with E-state index in [2.05, 4.69) is 60.9 Å². The van der Waals surface area contributed by atoms with E-state index < -0.39 is 106 Å². The Morgan fingerprint density at radius 1 is 0.469 bits per heavy atom. The van der Waals surface area contributed by atoms with Crippen LogP contribution >= 0.6 is 0 Å². The summed E-state index contributed by atoms with van der Waals surface area (Å²) in [5.74, 6) is -0.938. The summed E-state index contributed by atoms with van der Waals surface area (Å²) in [6.45, 7) is 4.26. The summed E-state index contributed by atoms with van der Waals surface area (Å²) in [4.78, 5) is 1.70. The Kier molecular flexibility index (Phi) is 6.08. The number of aromatic hydroxyl groups is 1. The number of para-hydroxylation sites is 3. The molecule has 0 radical (unpaired) electrons. The lowest BCUT2D eigenvalue weighted by molar-refractivity contribution is 0.479. The van der Waals surface area contributed by atoms with Gasteiger partial charge in [0.15, 0.2) is 0 Å². The van der Waals surface area contributed by atoms with Crippen LogP contribution in [0.4, 0.5) is 17.1 Å². The number of fused-ring (bicyclic) bond motifs is 7. The zero-order valence-electron chi connectivity index (χ0n) is 47.7. The van der Waals surface area contributed by atoms with Gasteiger partial charge in [-0.25, -0.2) is 0 Å². The predicted molar refractivity (Wildman–Crippen MR) is 269 cm³/mol. The summed E-state index contributed by atoms with van der Waals surface area (Å²) in [6, 6.07) is 39.0. The van der Waals surface area contributed by atoms with E-state index in [4.69, 9.17) is 12.3 Å². The second kappa shape index (κ2) is 14.8. The van der Waals surface area contributed by atoms with Crippen LogP contribution in [0, 0.1) is 0 Å². The number of aromatic nitrogens is 1. The van der Waals surface area contributed by atoms with Gasteiger partial charge in [-0.1, -0.05) is 177 Å². The lowest BCUT2D eigenvalue weighted by Gasteiger charge is -2.29. The van der Waals surface area contributed by atoms with Gasteiger partial charge in [-0.15, -0.1) is 0 Å². The number of phenolic OH excluding ortho intramolecular Hbond substituents is 1. The molecule has 0 fully saturated rings. The molecule has 0 atom stereocenters. The minimum atomic E-state index is -0.938. The van der Waals surface area contributed by atoms with Gasteiger partial charge in [0.05, 0.1) is 34.5 Å². The van der Waals surface area contributed by atoms with E-state index in [0.717, 1.165) is 66.9 Å². The molecule has 0 saturated carbocycles. The van der Waals surface area contributed by atoms with Crippen LogP contribution in [-0.2, 0) is 5.41 Å². The van der Waals surface area contributed by atoms with Gasteiger partial charge in [-0.05, 0) is 110 Å². The van der Waals surface area contributed by atoms with Crippen LogP contribution in [-0.4, -0.2) is 9.67 Å². The van der Waals surface area contributed by atoms with Gasteiger partial charge in [-0.3, -0.25) is 0 Å². The second-order valence-electron chi connectivity index (χ2n) is 16.5. The van der Waals surface area contributed by atoms with Gasteiger partial charge in [0.2, 0.25) is 0 Å². The summed E-state index contributed by atoms with van der Waals surface area (Å²) in [5.41, 5.74) is 7.07. The van der Waals surface area contributed by atoms with E-state index in [1.165, 1.54) is 0 Å². The molecule has 1 aliphatic carbocycles. The van der Waals surface area contributed by atoms with Crippen molar-refractivity contribution in [1.82, 2.24) is 4.57 Å². The smallest absolute Gasteiger partial charge is 0.131 e. The molecule has 0 bridgehead atoms. The maximum atomic E-state index is 12.3. The van der Waals surface area contributed by atoms with Crippen LogP contribution in [0.5, 0.6) is 5.75 Å². The van der Waals surface area contributed by atoms with E-state index >= 15 is 0 Å². The zero-order chi connectivity index (χ0) is 54.3. The van der Waals surface area contributed by atoms with E-state index in [9.17, 15) is 10.6 Å². The molecule has 3 heteroatoms. The number of nitrogens with zero attached hydrogens (tertiary/aromatic N) is 2. The molecule has 0 aliphatic heterocycles. The lowest BCUT2D eigenvalue weighted by Crippen LogP contribution is -2.16. The number of benzene rings is 10. The maximum absolute atomic E-state index is 12.3. The fraction of sp³-hybridized carbons (Fsp3) is 0.0492. The first-order valence-electron chi connectivity index (χ1n) is 27.5. The maximum Gasteiger partial charge on any atom is 0.131 e. The molecule has 64 heavy (non-hydrogen) atoms. The Hall–Kier alpha value is -8.14. The number of anilines is 3. The second-order valence-corrected chi connectivity index (χ2v) is 16.5. The van der Waals surface area contributed by atoms with Gasteiger partial charge >= 0.3 is 0 Å². The van der Waals surface area contributed by atoms with Crippen molar-refractivity contribution in [2.45, 2.75) is 19.3 Å². The van der Waals surface area contributed by atoms with Gasteiger partial charge in [0.1, 0.15) is 5.75 Å². The molecule has 0 saturated heterocycles. The van der Waals surface area contributed by atoms with Crippen molar-refractivity contribution >= 4 is 49.6 Å². The molecule has 1 heterocycles. The van der Waals surface area contributed by atoms with Crippen LogP contribution in [0.25, 0.3) is 82.8 Å². The van der Waals surface area contributed by atoms with Gasteiger partial charge in [0.25, 0.3) is 0 Å². The van der Waals surface area contributed by atoms with Crippen LogP contribution in [0.1, 0.15) is 42.8 Å². The first kappa shape index (κ1) is 26.4. The van der Waals surface area contributed by atoms with Gasteiger partial charge in [0, 0.05) is 49.9 Å². The number of hydrogen-bond donors (Lipinski definition) is 1. The fourth-order valence-electron chi connectivity index (χ4n) is 9.43. The largest absolute Gasteiger partial charge is 0.507 e. The van der Waals surface area contributed by atoms with Crippen molar-refractivity contribution in [3.8, 4) is 55.9 Å². The molecule has 304 valence electrons. The minimum absolute atomic E-state index is 0.147. The van der Waals surface area contributed by atoms with Crippen molar-refractivity contribution in [2.75, 3.05) is 4.90 Å².